The van der Waals surface area contributed by atoms with Gasteiger partial charge < -0.3 is 10.2 Å². The summed E-state index contributed by atoms with van der Waals surface area (Å²) in [7, 11) is 0. The third kappa shape index (κ3) is 4.23. The molecule has 0 amide bonds. The zero-order valence-corrected chi connectivity index (χ0v) is 8.80. The molecule has 0 unspecified atom stereocenters. The van der Waals surface area contributed by atoms with Crippen LogP contribution in [0.25, 0.3) is 0 Å². The molecule has 0 saturated heterocycles. The van der Waals surface area contributed by atoms with Crippen molar-refractivity contribution in [1.29, 1.82) is 0 Å². The lowest BCUT2D eigenvalue weighted by atomic mass is 10.3. The number of hydrogen-bond acceptors (Lipinski definition) is 2. The summed E-state index contributed by atoms with van der Waals surface area (Å²) < 4.78 is 0.502. The van der Waals surface area contributed by atoms with E-state index >= 15 is 0 Å². The van der Waals surface area contributed by atoms with Crippen molar-refractivity contribution < 1.29 is 10.2 Å². The number of rotatable bonds is 0. The highest BCUT2D eigenvalue weighted by Gasteiger charge is 1.95. The Morgan fingerprint density at radius 2 is 1.75 bits per heavy atom. The van der Waals surface area contributed by atoms with E-state index in [1.54, 1.807) is 0 Å². The van der Waals surface area contributed by atoms with Gasteiger partial charge in [0.1, 0.15) is 11.5 Å². The Morgan fingerprint density at radius 3 is 2.08 bits per heavy atom. The molecule has 0 atom stereocenters. The summed E-state index contributed by atoms with van der Waals surface area (Å²) in [6.45, 7) is 4.25. The summed E-state index contributed by atoms with van der Waals surface area (Å²) in [5.74, 6) is 0.271. The Kier molecular flexibility index (Phi) is 5.54. The average molecular weight is 233 g/mol. The molecule has 1 rings (SSSR count). The third-order valence-corrected chi connectivity index (χ3v) is 1.57. The second-order valence-corrected chi connectivity index (χ2v) is 3.20. The summed E-state index contributed by atoms with van der Waals surface area (Å²) in [5.41, 5.74) is 0. The lowest BCUT2D eigenvalue weighted by Gasteiger charge is -1.94. The van der Waals surface area contributed by atoms with Crippen LogP contribution in [0.2, 0.25) is 0 Å². The molecule has 0 fully saturated rings. The van der Waals surface area contributed by atoms with Crippen LogP contribution in [-0.2, 0) is 0 Å². The van der Waals surface area contributed by atoms with Gasteiger partial charge in [-0.15, -0.1) is 0 Å². The van der Waals surface area contributed by atoms with Crippen LogP contribution in [0.3, 0.4) is 0 Å². The average Bonchev–Trinajstić information content (AvgIpc) is 1.99. The first kappa shape index (κ1) is 11.3. The summed E-state index contributed by atoms with van der Waals surface area (Å²) in [6.07, 6.45) is 1.25. The Hall–Kier alpha value is -0.700. The van der Waals surface area contributed by atoms with Crippen LogP contribution in [0.15, 0.2) is 22.7 Å². The van der Waals surface area contributed by atoms with Crippen molar-refractivity contribution >= 4 is 15.9 Å². The molecule has 0 aromatic heterocycles. The molecule has 2 nitrogen and oxygen atoms in total. The van der Waals surface area contributed by atoms with Gasteiger partial charge in [0.25, 0.3) is 0 Å². The van der Waals surface area contributed by atoms with Crippen molar-refractivity contribution in [2.45, 2.75) is 20.3 Å². The van der Waals surface area contributed by atoms with E-state index in [0.717, 1.165) is 0 Å². The first-order valence-electron chi connectivity index (χ1n) is 3.79. The molecule has 1 aromatic carbocycles. The van der Waals surface area contributed by atoms with Crippen molar-refractivity contribution in [3.63, 3.8) is 0 Å². The number of benzene rings is 1. The van der Waals surface area contributed by atoms with E-state index in [0.29, 0.717) is 4.47 Å². The first-order valence-corrected chi connectivity index (χ1v) is 4.58. The summed E-state index contributed by atoms with van der Waals surface area (Å²) in [4.78, 5) is 0. The molecule has 1 aromatic rings. The molecular formula is C9H13BrO2. The van der Waals surface area contributed by atoms with Gasteiger partial charge >= 0.3 is 0 Å². The van der Waals surface area contributed by atoms with Gasteiger partial charge in [-0.2, -0.15) is 0 Å². The van der Waals surface area contributed by atoms with Crippen molar-refractivity contribution in [3.05, 3.63) is 22.7 Å². The summed E-state index contributed by atoms with van der Waals surface area (Å²) in [5, 5.41) is 17.7. The minimum atomic E-state index is 0.132. The van der Waals surface area contributed by atoms with Gasteiger partial charge in [0.15, 0.2) is 0 Å². The van der Waals surface area contributed by atoms with Crippen LogP contribution in [0.5, 0.6) is 11.5 Å². The van der Waals surface area contributed by atoms with Crippen molar-refractivity contribution in [3.8, 4) is 11.5 Å². The van der Waals surface area contributed by atoms with Gasteiger partial charge in [-0.05, 0) is 34.1 Å². The van der Waals surface area contributed by atoms with Crippen molar-refractivity contribution in [1.82, 2.24) is 0 Å². The summed E-state index contributed by atoms with van der Waals surface area (Å²) >= 11 is 3.04. The van der Waals surface area contributed by atoms with Crippen LogP contribution in [0, 0.1) is 0 Å². The largest absolute Gasteiger partial charge is 0.508 e. The lowest BCUT2D eigenvalue weighted by Crippen LogP contribution is -1.66. The normalized spacial score (nSPS) is 8.58. The second kappa shape index (κ2) is 5.89. The fourth-order valence-corrected chi connectivity index (χ4v) is 0.863. The first-order chi connectivity index (χ1) is 5.61. The van der Waals surface area contributed by atoms with E-state index in [9.17, 15) is 0 Å². The van der Waals surface area contributed by atoms with Crippen LogP contribution in [-0.4, -0.2) is 10.2 Å². The van der Waals surface area contributed by atoms with Gasteiger partial charge in [-0.3, -0.25) is 0 Å². The Balaban J connectivity index is 0.000000354. The molecule has 0 spiro atoms. The molecule has 0 aliphatic carbocycles. The summed E-state index contributed by atoms with van der Waals surface area (Å²) in [6, 6.07) is 4.26. The number of aromatic hydroxyl groups is 2. The highest BCUT2D eigenvalue weighted by atomic mass is 79.9. The number of phenolic OH excluding ortho intramolecular Hbond substituents is 2. The van der Waals surface area contributed by atoms with E-state index in [2.05, 4.69) is 29.8 Å². The molecule has 3 heteroatoms. The molecule has 0 radical (unpaired) electrons. The number of halogens is 1. The maximum absolute atomic E-state index is 8.89. The Bertz CT molecular complexity index is 236. The molecule has 0 aliphatic rings. The zero-order chi connectivity index (χ0) is 9.56. The maximum Gasteiger partial charge on any atom is 0.130 e. The Morgan fingerprint density at radius 1 is 1.25 bits per heavy atom. The fourth-order valence-electron chi connectivity index (χ4n) is 0.496. The van der Waals surface area contributed by atoms with Crippen LogP contribution in [0.1, 0.15) is 20.3 Å². The molecule has 2 N–H and O–H groups in total. The maximum atomic E-state index is 8.89. The van der Waals surface area contributed by atoms with Crippen LogP contribution in [0.4, 0.5) is 0 Å². The standard InChI is InChI=1S/C6H5BrO2.C3H8/c7-5-3-4(8)1-2-6(5)9;1-3-2/h1-3,8-9H;3H2,1-2H3. The van der Waals surface area contributed by atoms with E-state index in [1.807, 2.05) is 0 Å². The molecule has 68 valence electrons. The van der Waals surface area contributed by atoms with Gasteiger partial charge in [0.2, 0.25) is 0 Å². The van der Waals surface area contributed by atoms with E-state index < -0.39 is 0 Å². The highest BCUT2D eigenvalue weighted by Crippen LogP contribution is 2.26. The van der Waals surface area contributed by atoms with E-state index in [1.165, 1.54) is 24.6 Å². The van der Waals surface area contributed by atoms with Crippen LogP contribution >= 0.6 is 15.9 Å². The lowest BCUT2D eigenvalue weighted by molar-refractivity contribution is 0.457. The SMILES string of the molecule is CCC.Oc1ccc(O)c(Br)c1. The number of hydrogen-bond donors (Lipinski definition) is 2. The molecule has 0 aliphatic heterocycles. The number of phenols is 2. The molecule has 0 heterocycles. The second-order valence-electron chi connectivity index (χ2n) is 2.34. The van der Waals surface area contributed by atoms with Gasteiger partial charge in [-0.25, -0.2) is 0 Å². The minimum Gasteiger partial charge on any atom is -0.508 e. The highest BCUT2D eigenvalue weighted by molar-refractivity contribution is 9.10. The third-order valence-electron chi connectivity index (χ3n) is 0.931. The monoisotopic (exact) mass is 232 g/mol. The topological polar surface area (TPSA) is 40.5 Å². The van der Waals surface area contributed by atoms with Gasteiger partial charge in [0, 0.05) is 0 Å². The van der Waals surface area contributed by atoms with E-state index in [4.69, 9.17) is 10.2 Å². The van der Waals surface area contributed by atoms with E-state index in [-0.39, 0.29) is 11.5 Å². The molecular weight excluding hydrogens is 220 g/mol. The fraction of sp³-hybridized carbons (Fsp3) is 0.333. The van der Waals surface area contributed by atoms with Crippen LogP contribution < -0.4 is 0 Å². The van der Waals surface area contributed by atoms with Gasteiger partial charge in [0.05, 0.1) is 4.47 Å². The molecule has 0 saturated carbocycles. The van der Waals surface area contributed by atoms with Crippen molar-refractivity contribution in [2.24, 2.45) is 0 Å². The predicted molar refractivity (Wildman–Crippen MR) is 53.4 cm³/mol. The quantitative estimate of drug-likeness (QED) is 0.675. The Labute approximate surface area is 81.0 Å². The molecule has 12 heavy (non-hydrogen) atoms. The smallest absolute Gasteiger partial charge is 0.130 e. The predicted octanol–water partition coefficient (Wildman–Crippen LogP) is 3.28. The minimum absolute atomic E-state index is 0.132. The zero-order valence-electron chi connectivity index (χ0n) is 7.21. The van der Waals surface area contributed by atoms with Crippen molar-refractivity contribution in [2.75, 3.05) is 0 Å². The van der Waals surface area contributed by atoms with Gasteiger partial charge in [-0.1, -0.05) is 20.3 Å². The molecule has 0 bridgehead atoms.